The zero-order valence-corrected chi connectivity index (χ0v) is 14.1. The Morgan fingerprint density at radius 1 is 1.21 bits per heavy atom. The molecule has 0 fully saturated rings. The van der Waals surface area contributed by atoms with Crippen molar-refractivity contribution in [2.24, 2.45) is 0 Å². The third-order valence-electron chi connectivity index (χ3n) is 3.51. The molecule has 0 aliphatic heterocycles. The topological polar surface area (TPSA) is 67.0 Å². The summed E-state index contributed by atoms with van der Waals surface area (Å²) in [6, 6.07) is 13.2. The summed E-state index contributed by atoms with van der Waals surface area (Å²) in [7, 11) is 0. The van der Waals surface area contributed by atoms with E-state index in [1.807, 2.05) is 51.1 Å². The van der Waals surface area contributed by atoms with Gasteiger partial charge in [0, 0.05) is 17.7 Å². The summed E-state index contributed by atoms with van der Waals surface area (Å²) in [6.07, 6.45) is 1.62. The molecule has 2 N–H and O–H groups in total. The number of hydrogen-bond donors (Lipinski definition) is 2. The van der Waals surface area contributed by atoms with E-state index in [-0.39, 0.29) is 11.5 Å². The number of ether oxygens (including phenoxy) is 1. The normalized spacial score (nSPS) is 11.5. The number of aromatic nitrogens is 2. The maximum absolute atomic E-state index is 12.4. The van der Waals surface area contributed by atoms with Crippen molar-refractivity contribution in [1.82, 2.24) is 15.3 Å². The second-order valence-electron chi connectivity index (χ2n) is 6.64. The molecule has 0 unspecified atom stereocenters. The van der Waals surface area contributed by atoms with Gasteiger partial charge in [-0.3, -0.25) is 4.79 Å². The van der Waals surface area contributed by atoms with Gasteiger partial charge in [-0.05, 0) is 45.0 Å². The first-order valence-electron chi connectivity index (χ1n) is 7.91. The molecular formula is C19H21N3O2. The molecule has 0 spiro atoms. The van der Waals surface area contributed by atoms with Crippen molar-refractivity contribution < 1.29 is 9.53 Å². The van der Waals surface area contributed by atoms with Gasteiger partial charge in [-0.15, -0.1) is 0 Å². The Labute approximate surface area is 141 Å². The number of aromatic amines is 1. The van der Waals surface area contributed by atoms with E-state index in [2.05, 4.69) is 15.3 Å². The Morgan fingerprint density at radius 2 is 2.00 bits per heavy atom. The summed E-state index contributed by atoms with van der Waals surface area (Å²) in [5, 5.41) is 2.95. The number of nitrogens with one attached hydrogen (secondary N) is 2. The van der Waals surface area contributed by atoms with Crippen LogP contribution in [0.4, 0.5) is 0 Å². The second-order valence-corrected chi connectivity index (χ2v) is 6.64. The molecule has 0 saturated heterocycles. The van der Waals surface area contributed by atoms with Gasteiger partial charge >= 0.3 is 0 Å². The van der Waals surface area contributed by atoms with Gasteiger partial charge in [0.15, 0.2) is 0 Å². The smallest absolute Gasteiger partial charge is 0.251 e. The minimum Gasteiger partial charge on any atom is -0.488 e. The lowest BCUT2D eigenvalue weighted by molar-refractivity contribution is 0.0949. The molecule has 1 aromatic heterocycles. The van der Waals surface area contributed by atoms with E-state index in [0.717, 1.165) is 22.3 Å². The Hall–Kier alpha value is -2.82. The first-order valence-corrected chi connectivity index (χ1v) is 7.91. The summed E-state index contributed by atoms with van der Waals surface area (Å²) in [6.45, 7) is 6.41. The monoisotopic (exact) mass is 323 g/mol. The van der Waals surface area contributed by atoms with Crippen LogP contribution >= 0.6 is 0 Å². The third-order valence-corrected chi connectivity index (χ3v) is 3.51. The fraction of sp³-hybridized carbons (Fsp3) is 0.263. The Balaban J connectivity index is 1.72. The number of benzene rings is 2. The van der Waals surface area contributed by atoms with Crippen molar-refractivity contribution in [3.8, 4) is 5.75 Å². The van der Waals surface area contributed by atoms with Crippen LogP contribution in [-0.4, -0.2) is 21.5 Å². The zero-order valence-electron chi connectivity index (χ0n) is 14.1. The van der Waals surface area contributed by atoms with Crippen molar-refractivity contribution in [3.63, 3.8) is 0 Å². The van der Waals surface area contributed by atoms with E-state index < -0.39 is 0 Å². The molecule has 0 bridgehead atoms. The van der Waals surface area contributed by atoms with Crippen LogP contribution in [-0.2, 0) is 6.54 Å². The van der Waals surface area contributed by atoms with Crippen LogP contribution in [0.5, 0.6) is 5.75 Å². The number of hydrogen-bond acceptors (Lipinski definition) is 3. The number of carbonyl (C=O) groups is 1. The van der Waals surface area contributed by atoms with Crippen LogP contribution in [0.15, 0.2) is 48.8 Å². The lowest BCUT2D eigenvalue weighted by atomic mass is 10.1. The van der Waals surface area contributed by atoms with Crippen molar-refractivity contribution in [3.05, 3.63) is 59.9 Å². The molecule has 5 nitrogen and oxygen atoms in total. The number of nitrogens with zero attached hydrogens (tertiary/aromatic N) is 1. The maximum Gasteiger partial charge on any atom is 0.251 e. The number of para-hydroxylation sites is 1. The molecular weight excluding hydrogens is 302 g/mol. The Bertz CT molecular complexity index is 862. The highest BCUT2D eigenvalue weighted by molar-refractivity contribution is 5.97. The van der Waals surface area contributed by atoms with Gasteiger partial charge in [0.1, 0.15) is 11.4 Å². The molecule has 5 heteroatoms. The van der Waals surface area contributed by atoms with Crippen molar-refractivity contribution >= 4 is 16.9 Å². The van der Waals surface area contributed by atoms with Crippen LogP contribution in [0.25, 0.3) is 11.0 Å². The molecule has 24 heavy (non-hydrogen) atoms. The quantitative estimate of drug-likeness (QED) is 0.770. The van der Waals surface area contributed by atoms with E-state index in [0.29, 0.717) is 12.1 Å². The molecule has 124 valence electrons. The summed E-state index contributed by atoms with van der Waals surface area (Å²) in [4.78, 5) is 19.6. The molecule has 3 aromatic rings. The molecule has 0 aliphatic rings. The SMILES string of the molecule is CC(C)(C)Oc1ccccc1CNC(=O)c1ccc2nc[nH]c2c1. The fourth-order valence-corrected chi connectivity index (χ4v) is 2.43. The average Bonchev–Trinajstić information content (AvgIpc) is 2.99. The molecule has 0 radical (unpaired) electrons. The molecule has 1 amide bonds. The maximum atomic E-state index is 12.4. The predicted octanol–water partition coefficient (Wildman–Crippen LogP) is 3.67. The zero-order chi connectivity index (χ0) is 17.2. The van der Waals surface area contributed by atoms with Gasteiger partial charge < -0.3 is 15.0 Å². The van der Waals surface area contributed by atoms with Crippen molar-refractivity contribution in [2.45, 2.75) is 32.9 Å². The number of H-pyrrole nitrogens is 1. The first kappa shape index (κ1) is 16.1. The number of imidazole rings is 1. The van der Waals surface area contributed by atoms with E-state index in [4.69, 9.17) is 4.74 Å². The number of rotatable bonds is 4. The highest BCUT2D eigenvalue weighted by Crippen LogP contribution is 2.23. The minimum absolute atomic E-state index is 0.128. The number of carbonyl (C=O) groups excluding carboxylic acids is 1. The van der Waals surface area contributed by atoms with Crippen LogP contribution in [0, 0.1) is 0 Å². The van der Waals surface area contributed by atoms with E-state index in [1.54, 1.807) is 18.5 Å². The third kappa shape index (κ3) is 3.74. The van der Waals surface area contributed by atoms with Crippen LogP contribution < -0.4 is 10.1 Å². The Morgan fingerprint density at radius 3 is 2.79 bits per heavy atom. The average molecular weight is 323 g/mol. The van der Waals surface area contributed by atoms with Crippen LogP contribution in [0.1, 0.15) is 36.7 Å². The lowest BCUT2D eigenvalue weighted by Gasteiger charge is -2.23. The summed E-state index contributed by atoms with van der Waals surface area (Å²) < 4.78 is 5.95. The molecule has 2 aromatic carbocycles. The van der Waals surface area contributed by atoms with Gasteiger partial charge in [-0.2, -0.15) is 0 Å². The molecule has 0 aliphatic carbocycles. The second kappa shape index (κ2) is 6.35. The predicted molar refractivity (Wildman–Crippen MR) is 94.1 cm³/mol. The van der Waals surface area contributed by atoms with Gasteiger partial charge in [0.05, 0.1) is 17.4 Å². The molecule has 0 atom stereocenters. The van der Waals surface area contributed by atoms with Crippen LogP contribution in [0.2, 0.25) is 0 Å². The largest absolute Gasteiger partial charge is 0.488 e. The fourth-order valence-electron chi connectivity index (χ4n) is 2.43. The molecule has 3 rings (SSSR count). The highest BCUT2D eigenvalue weighted by atomic mass is 16.5. The van der Waals surface area contributed by atoms with Gasteiger partial charge in [0.2, 0.25) is 0 Å². The summed E-state index contributed by atoms with van der Waals surface area (Å²) in [5.74, 6) is 0.659. The van der Waals surface area contributed by atoms with E-state index >= 15 is 0 Å². The summed E-state index contributed by atoms with van der Waals surface area (Å²) >= 11 is 0. The van der Waals surface area contributed by atoms with Gasteiger partial charge in [0.25, 0.3) is 5.91 Å². The van der Waals surface area contributed by atoms with E-state index in [9.17, 15) is 4.79 Å². The van der Waals surface area contributed by atoms with Crippen LogP contribution in [0.3, 0.4) is 0 Å². The van der Waals surface area contributed by atoms with E-state index in [1.165, 1.54) is 0 Å². The summed E-state index contributed by atoms with van der Waals surface area (Å²) in [5.41, 5.74) is 2.95. The highest BCUT2D eigenvalue weighted by Gasteiger charge is 2.15. The minimum atomic E-state index is -0.286. The lowest BCUT2D eigenvalue weighted by Crippen LogP contribution is -2.26. The first-order chi connectivity index (χ1) is 11.4. The number of fused-ring (bicyclic) bond motifs is 1. The molecule has 1 heterocycles. The molecule has 0 saturated carbocycles. The number of amides is 1. The van der Waals surface area contributed by atoms with Gasteiger partial charge in [-0.1, -0.05) is 18.2 Å². The standard InChI is InChI=1S/C19H21N3O2/c1-19(2,3)24-17-7-5-4-6-14(17)11-20-18(23)13-8-9-15-16(10-13)22-12-21-15/h4-10,12H,11H2,1-3H3,(H,20,23)(H,21,22). The van der Waals surface area contributed by atoms with Gasteiger partial charge in [-0.25, -0.2) is 4.98 Å². The van der Waals surface area contributed by atoms with Crippen molar-refractivity contribution in [1.29, 1.82) is 0 Å². The Kier molecular flexibility index (Phi) is 4.25. The van der Waals surface area contributed by atoms with Crippen molar-refractivity contribution in [2.75, 3.05) is 0 Å².